The van der Waals surface area contributed by atoms with Crippen LogP contribution in [0.1, 0.15) is 23.0 Å². The Labute approximate surface area is 152 Å². The molecule has 136 valence electrons. The van der Waals surface area contributed by atoms with Crippen molar-refractivity contribution in [2.75, 3.05) is 21.3 Å². The zero-order valence-corrected chi connectivity index (χ0v) is 15.2. The molecule has 1 aromatic heterocycles. The van der Waals surface area contributed by atoms with Crippen LogP contribution in [0.2, 0.25) is 0 Å². The van der Waals surface area contributed by atoms with Crippen LogP contribution in [0.5, 0.6) is 17.2 Å². The molecule has 0 aliphatic heterocycles. The highest BCUT2D eigenvalue weighted by molar-refractivity contribution is 5.66. The van der Waals surface area contributed by atoms with E-state index in [1.54, 1.807) is 33.5 Å². The summed E-state index contributed by atoms with van der Waals surface area (Å²) in [5.41, 5.74) is 9.19. The van der Waals surface area contributed by atoms with Crippen LogP contribution in [0.25, 0.3) is 11.4 Å². The van der Waals surface area contributed by atoms with Gasteiger partial charge in [-0.3, -0.25) is 5.10 Å². The van der Waals surface area contributed by atoms with E-state index in [2.05, 4.69) is 15.2 Å². The predicted molar refractivity (Wildman–Crippen MR) is 98.7 cm³/mol. The first-order valence-corrected chi connectivity index (χ1v) is 8.12. The molecular formula is C19H22N4O3. The number of H-pyrrole nitrogens is 1. The van der Waals surface area contributed by atoms with Gasteiger partial charge in [0, 0.05) is 5.56 Å². The summed E-state index contributed by atoms with van der Waals surface area (Å²) in [6.07, 6.45) is 0. The molecule has 2 aromatic carbocycles. The molecule has 0 radical (unpaired) electrons. The van der Waals surface area contributed by atoms with Gasteiger partial charge in [0.25, 0.3) is 0 Å². The van der Waals surface area contributed by atoms with Crippen molar-refractivity contribution in [3.05, 3.63) is 53.3 Å². The molecule has 0 aliphatic carbocycles. The molecule has 26 heavy (non-hydrogen) atoms. The van der Waals surface area contributed by atoms with Crippen LogP contribution in [-0.2, 0) is 0 Å². The van der Waals surface area contributed by atoms with E-state index in [-0.39, 0.29) is 6.04 Å². The van der Waals surface area contributed by atoms with Gasteiger partial charge in [0.05, 0.1) is 27.4 Å². The van der Waals surface area contributed by atoms with Crippen molar-refractivity contribution in [1.29, 1.82) is 0 Å². The molecule has 0 bridgehead atoms. The van der Waals surface area contributed by atoms with E-state index in [0.29, 0.717) is 28.9 Å². The topological polar surface area (TPSA) is 95.3 Å². The van der Waals surface area contributed by atoms with Crippen molar-refractivity contribution in [1.82, 2.24) is 15.2 Å². The minimum atomic E-state index is -0.390. The Morgan fingerprint density at radius 3 is 2.12 bits per heavy atom. The maximum Gasteiger partial charge on any atom is 0.203 e. The monoisotopic (exact) mass is 354 g/mol. The highest BCUT2D eigenvalue weighted by atomic mass is 16.5. The average molecular weight is 354 g/mol. The first kappa shape index (κ1) is 17.8. The standard InChI is InChI=1S/C19H22N4O3/c1-11-5-7-12(8-6-11)16(20)19-21-18(22-23-19)13-9-14(24-2)17(26-4)15(10-13)25-3/h5-10,16H,20H2,1-4H3,(H,21,22,23)/t16-/m0/s1. The first-order chi connectivity index (χ1) is 12.6. The number of ether oxygens (including phenoxy) is 3. The lowest BCUT2D eigenvalue weighted by Gasteiger charge is -2.13. The van der Waals surface area contributed by atoms with Crippen LogP contribution < -0.4 is 19.9 Å². The van der Waals surface area contributed by atoms with Crippen molar-refractivity contribution < 1.29 is 14.2 Å². The van der Waals surface area contributed by atoms with Gasteiger partial charge in [0.15, 0.2) is 17.3 Å². The largest absolute Gasteiger partial charge is 0.493 e. The summed E-state index contributed by atoms with van der Waals surface area (Å²) >= 11 is 0. The number of aryl methyl sites for hydroxylation is 1. The summed E-state index contributed by atoms with van der Waals surface area (Å²) in [4.78, 5) is 4.54. The fraction of sp³-hybridized carbons (Fsp3) is 0.263. The second-order valence-electron chi connectivity index (χ2n) is 5.85. The number of methoxy groups -OCH3 is 3. The Morgan fingerprint density at radius 1 is 0.962 bits per heavy atom. The SMILES string of the molecule is COc1cc(-c2n[nH]c([C@@H](N)c3ccc(C)cc3)n2)cc(OC)c1OC. The predicted octanol–water partition coefficient (Wildman–Crippen LogP) is 2.85. The molecule has 1 atom stereocenters. The highest BCUT2D eigenvalue weighted by Crippen LogP contribution is 2.40. The fourth-order valence-corrected chi connectivity index (χ4v) is 2.68. The molecule has 0 amide bonds. The summed E-state index contributed by atoms with van der Waals surface area (Å²) < 4.78 is 16.1. The van der Waals surface area contributed by atoms with Crippen molar-refractivity contribution >= 4 is 0 Å². The van der Waals surface area contributed by atoms with Crippen molar-refractivity contribution in [2.24, 2.45) is 5.73 Å². The Hall–Kier alpha value is -3.06. The number of benzene rings is 2. The van der Waals surface area contributed by atoms with Crippen LogP contribution in [0, 0.1) is 6.92 Å². The summed E-state index contributed by atoms with van der Waals surface area (Å²) in [7, 11) is 4.70. The van der Waals surface area contributed by atoms with Crippen molar-refractivity contribution in [2.45, 2.75) is 13.0 Å². The van der Waals surface area contributed by atoms with Gasteiger partial charge in [-0.15, -0.1) is 0 Å². The minimum absolute atomic E-state index is 0.390. The smallest absolute Gasteiger partial charge is 0.203 e. The summed E-state index contributed by atoms with van der Waals surface area (Å²) in [5, 5.41) is 7.21. The zero-order valence-electron chi connectivity index (χ0n) is 15.2. The Bertz CT molecular complexity index is 865. The van der Waals surface area contributed by atoms with Gasteiger partial charge in [0.2, 0.25) is 5.75 Å². The molecule has 0 spiro atoms. The van der Waals surface area contributed by atoms with Crippen molar-refractivity contribution in [3.63, 3.8) is 0 Å². The second kappa shape index (κ2) is 7.45. The molecule has 0 saturated carbocycles. The Morgan fingerprint density at radius 2 is 1.58 bits per heavy atom. The molecule has 0 fully saturated rings. The number of nitrogens with one attached hydrogen (secondary N) is 1. The molecule has 7 nitrogen and oxygen atoms in total. The van der Waals surface area contributed by atoms with Crippen LogP contribution >= 0.6 is 0 Å². The quantitative estimate of drug-likeness (QED) is 0.707. The molecule has 0 aliphatic rings. The van der Waals surface area contributed by atoms with Gasteiger partial charge in [-0.1, -0.05) is 29.8 Å². The third-order valence-electron chi connectivity index (χ3n) is 4.16. The molecular weight excluding hydrogens is 332 g/mol. The van der Waals surface area contributed by atoms with Crippen LogP contribution in [0.15, 0.2) is 36.4 Å². The summed E-state index contributed by atoms with van der Waals surface area (Å²) in [6, 6.07) is 11.2. The number of nitrogens with zero attached hydrogens (tertiary/aromatic N) is 2. The second-order valence-corrected chi connectivity index (χ2v) is 5.85. The third-order valence-corrected chi connectivity index (χ3v) is 4.16. The lowest BCUT2D eigenvalue weighted by molar-refractivity contribution is 0.324. The molecule has 3 rings (SSSR count). The van der Waals surface area contributed by atoms with Crippen molar-refractivity contribution in [3.8, 4) is 28.6 Å². The fourth-order valence-electron chi connectivity index (χ4n) is 2.68. The van der Waals surface area contributed by atoms with Crippen LogP contribution in [-0.4, -0.2) is 36.5 Å². The lowest BCUT2D eigenvalue weighted by Crippen LogP contribution is -2.13. The average Bonchev–Trinajstić information content (AvgIpc) is 3.17. The lowest BCUT2D eigenvalue weighted by atomic mass is 10.1. The Kier molecular flexibility index (Phi) is 5.09. The number of nitrogens with two attached hydrogens (primary N) is 1. The Balaban J connectivity index is 1.95. The van der Waals surface area contributed by atoms with Gasteiger partial charge >= 0.3 is 0 Å². The molecule has 0 unspecified atom stereocenters. The molecule has 3 N–H and O–H groups in total. The summed E-state index contributed by atoms with van der Waals surface area (Å²) in [6.45, 7) is 2.03. The number of aromatic nitrogens is 3. The van der Waals surface area contributed by atoms with Gasteiger partial charge < -0.3 is 19.9 Å². The zero-order chi connectivity index (χ0) is 18.7. The summed E-state index contributed by atoms with van der Waals surface area (Å²) in [5.74, 6) is 2.68. The van der Waals surface area contributed by atoms with E-state index in [1.807, 2.05) is 31.2 Å². The maximum absolute atomic E-state index is 6.31. The highest BCUT2D eigenvalue weighted by Gasteiger charge is 2.18. The van der Waals surface area contributed by atoms with E-state index in [1.165, 1.54) is 5.56 Å². The van der Waals surface area contributed by atoms with Gasteiger partial charge in [-0.25, -0.2) is 4.98 Å². The molecule has 0 saturated heterocycles. The normalized spacial score (nSPS) is 11.9. The number of rotatable bonds is 6. The van der Waals surface area contributed by atoms with E-state index in [4.69, 9.17) is 19.9 Å². The van der Waals surface area contributed by atoms with E-state index in [9.17, 15) is 0 Å². The van der Waals surface area contributed by atoms with Gasteiger partial charge in [-0.2, -0.15) is 5.10 Å². The maximum atomic E-state index is 6.31. The molecule has 7 heteroatoms. The number of hydrogen-bond donors (Lipinski definition) is 2. The van der Waals surface area contributed by atoms with E-state index in [0.717, 1.165) is 11.1 Å². The number of hydrogen-bond acceptors (Lipinski definition) is 6. The van der Waals surface area contributed by atoms with Gasteiger partial charge in [-0.05, 0) is 24.6 Å². The van der Waals surface area contributed by atoms with Crippen LogP contribution in [0.3, 0.4) is 0 Å². The minimum Gasteiger partial charge on any atom is -0.493 e. The molecule has 3 aromatic rings. The van der Waals surface area contributed by atoms with Gasteiger partial charge in [0.1, 0.15) is 5.82 Å². The van der Waals surface area contributed by atoms with E-state index < -0.39 is 0 Å². The van der Waals surface area contributed by atoms with Crippen LogP contribution in [0.4, 0.5) is 0 Å². The van der Waals surface area contributed by atoms with E-state index >= 15 is 0 Å². The number of aromatic amines is 1. The molecule has 1 heterocycles. The third kappa shape index (κ3) is 3.34. The first-order valence-electron chi connectivity index (χ1n) is 8.12.